The van der Waals surface area contributed by atoms with Crippen molar-refractivity contribution in [1.82, 2.24) is 9.88 Å². The number of nitrogens with one attached hydrogen (secondary N) is 1. The van der Waals surface area contributed by atoms with Gasteiger partial charge in [-0.15, -0.1) is 0 Å². The van der Waals surface area contributed by atoms with E-state index in [1.165, 1.54) is 28.5 Å². The predicted molar refractivity (Wildman–Crippen MR) is 117 cm³/mol. The third-order valence-corrected chi connectivity index (χ3v) is 6.19. The van der Waals surface area contributed by atoms with E-state index in [0.29, 0.717) is 6.54 Å². The summed E-state index contributed by atoms with van der Waals surface area (Å²) in [6.45, 7) is 3.79. The van der Waals surface area contributed by atoms with E-state index in [-0.39, 0.29) is 17.7 Å². The van der Waals surface area contributed by atoms with Crippen LogP contribution in [0.3, 0.4) is 0 Å². The van der Waals surface area contributed by atoms with E-state index in [1.807, 2.05) is 6.07 Å². The smallest absolute Gasteiger partial charge is 0.223 e. The summed E-state index contributed by atoms with van der Waals surface area (Å²) >= 11 is 0. The van der Waals surface area contributed by atoms with E-state index in [9.17, 15) is 4.79 Å². The molecule has 3 aromatic rings. The minimum absolute atomic E-state index is 0.216. The van der Waals surface area contributed by atoms with Gasteiger partial charge < -0.3 is 14.6 Å². The molecule has 0 spiro atoms. The second-order valence-electron chi connectivity index (χ2n) is 8.17. The Morgan fingerprint density at radius 2 is 2.00 bits per heavy atom. The molecular formula is C25H30N2O2. The molecule has 1 unspecified atom stereocenters. The summed E-state index contributed by atoms with van der Waals surface area (Å²) in [5.74, 6) is 1.56. The molecule has 1 aliphatic carbocycles. The summed E-state index contributed by atoms with van der Waals surface area (Å²) in [6, 6.07) is 16.9. The summed E-state index contributed by atoms with van der Waals surface area (Å²) < 4.78 is 7.80. The summed E-state index contributed by atoms with van der Waals surface area (Å²) in [6.07, 6.45) is 6.50. The van der Waals surface area contributed by atoms with Crippen molar-refractivity contribution in [2.45, 2.75) is 45.1 Å². The summed E-state index contributed by atoms with van der Waals surface area (Å²) in [5, 5.41) is 4.37. The first-order chi connectivity index (χ1) is 14.2. The second kappa shape index (κ2) is 8.73. The van der Waals surface area contributed by atoms with Crippen molar-refractivity contribution in [3.63, 3.8) is 0 Å². The molecule has 152 valence electrons. The van der Waals surface area contributed by atoms with Gasteiger partial charge in [0, 0.05) is 42.0 Å². The fourth-order valence-electron chi connectivity index (χ4n) is 4.08. The molecule has 0 bridgehead atoms. The zero-order valence-corrected chi connectivity index (χ0v) is 17.4. The highest BCUT2D eigenvalue weighted by Crippen LogP contribution is 2.31. The zero-order valence-electron chi connectivity index (χ0n) is 17.4. The second-order valence-corrected chi connectivity index (χ2v) is 8.17. The van der Waals surface area contributed by atoms with Crippen LogP contribution in [0.15, 0.2) is 54.7 Å². The molecule has 0 aliphatic heterocycles. The lowest BCUT2D eigenvalue weighted by molar-refractivity contribution is -0.127. The molecule has 2 aromatic carbocycles. The number of hydrogen-bond donors (Lipinski definition) is 1. The molecule has 1 heterocycles. The molecule has 4 rings (SSSR count). The fraction of sp³-hybridized carbons (Fsp3) is 0.400. The molecule has 1 amide bonds. The van der Waals surface area contributed by atoms with E-state index in [4.69, 9.17) is 4.74 Å². The molecule has 29 heavy (non-hydrogen) atoms. The maximum atomic E-state index is 12.3. The number of hydrogen-bond acceptors (Lipinski definition) is 2. The Kier molecular flexibility index (Phi) is 5.89. The molecule has 1 saturated carbocycles. The lowest BCUT2D eigenvalue weighted by Gasteiger charge is -2.25. The van der Waals surface area contributed by atoms with Gasteiger partial charge in [0.05, 0.1) is 7.11 Å². The first-order valence-corrected chi connectivity index (χ1v) is 10.6. The molecule has 1 aromatic heterocycles. The molecule has 1 aliphatic rings. The number of carbonyl (C=O) groups excluding carboxylic acids is 1. The molecule has 1 N–H and O–H groups in total. The minimum Gasteiger partial charge on any atom is -0.497 e. The lowest BCUT2D eigenvalue weighted by atomic mass is 9.84. The number of amides is 1. The van der Waals surface area contributed by atoms with Crippen molar-refractivity contribution >= 4 is 16.8 Å². The summed E-state index contributed by atoms with van der Waals surface area (Å²) in [4.78, 5) is 12.3. The molecule has 4 heteroatoms. The fourth-order valence-corrected chi connectivity index (χ4v) is 4.08. The zero-order chi connectivity index (χ0) is 20.2. The highest BCUT2D eigenvalue weighted by atomic mass is 16.5. The third-order valence-electron chi connectivity index (χ3n) is 6.19. The Morgan fingerprint density at radius 1 is 1.21 bits per heavy atom. The topological polar surface area (TPSA) is 43.3 Å². The van der Waals surface area contributed by atoms with Crippen LogP contribution in [-0.2, 0) is 17.8 Å². The number of fused-ring (bicyclic) bond motifs is 1. The molecule has 1 atom stereocenters. The van der Waals surface area contributed by atoms with Crippen LogP contribution in [-0.4, -0.2) is 24.1 Å². The first kappa shape index (κ1) is 19.6. The van der Waals surface area contributed by atoms with Crippen LogP contribution in [0, 0.1) is 5.92 Å². The van der Waals surface area contributed by atoms with E-state index >= 15 is 0 Å². The number of carbonyl (C=O) groups is 1. The van der Waals surface area contributed by atoms with Crippen LogP contribution < -0.4 is 10.1 Å². The minimum atomic E-state index is 0.216. The van der Waals surface area contributed by atoms with Gasteiger partial charge in [-0.2, -0.15) is 0 Å². The van der Waals surface area contributed by atoms with Crippen molar-refractivity contribution in [3.05, 3.63) is 65.9 Å². The number of ether oxygens (including phenoxy) is 1. The van der Waals surface area contributed by atoms with Gasteiger partial charge >= 0.3 is 0 Å². The maximum absolute atomic E-state index is 12.3. The van der Waals surface area contributed by atoms with Crippen LogP contribution in [0.4, 0.5) is 0 Å². The third kappa shape index (κ3) is 4.31. The number of nitrogens with zero attached hydrogens (tertiary/aromatic N) is 1. The van der Waals surface area contributed by atoms with Crippen LogP contribution in [0.2, 0.25) is 0 Å². The van der Waals surface area contributed by atoms with Crippen molar-refractivity contribution in [2.24, 2.45) is 5.92 Å². The molecule has 4 nitrogen and oxygen atoms in total. The SMILES string of the molecule is COc1ccc2c(c1)c(C(C)CNC(=O)C1CCC1)cn2CCc1ccccc1. The average molecular weight is 391 g/mol. The summed E-state index contributed by atoms with van der Waals surface area (Å²) in [7, 11) is 1.70. The number of benzene rings is 2. The molecule has 0 radical (unpaired) electrons. The Bertz CT molecular complexity index is 973. The molecule has 0 saturated heterocycles. The van der Waals surface area contributed by atoms with Crippen LogP contribution in [0.5, 0.6) is 5.75 Å². The lowest BCUT2D eigenvalue weighted by Crippen LogP contribution is -2.36. The van der Waals surface area contributed by atoms with Crippen molar-refractivity contribution in [1.29, 1.82) is 0 Å². The molecular weight excluding hydrogens is 360 g/mol. The van der Waals surface area contributed by atoms with Crippen LogP contribution in [0.1, 0.15) is 43.2 Å². The van der Waals surface area contributed by atoms with Gasteiger partial charge in [0.1, 0.15) is 5.75 Å². The van der Waals surface area contributed by atoms with Crippen LogP contribution >= 0.6 is 0 Å². The van der Waals surface area contributed by atoms with E-state index in [2.05, 4.69) is 65.5 Å². The van der Waals surface area contributed by atoms with Crippen molar-refractivity contribution < 1.29 is 9.53 Å². The average Bonchev–Trinajstić information content (AvgIpc) is 3.08. The van der Waals surface area contributed by atoms with Gasteiger partial charge in [-0.05, 0) is 48.6 Å². The number of aryl methyl sites for hydroxylation is 2. The monoisotopic (exact) mass is 390 g/mol. The Hall–Kier alpha value is -2.75. The number of methoxy groups -OCH3 is 1. The van der Waals surface area contributed by atoms with Gasteiger partial charge in [0.25, 0.3) is 0 Å². The van der Waals surface area contributed by atoms with Gasteiger partial charge in [0.2, 0.25) is 5.91 Å². The number of rotatable bonds is 8. The predicted octanol–water partition coefficient (Wildman–Crippen LogP) is 4.91. The van der Waals surface area contributed by atoms with Crippen molar-refractivity contribution in [2.75, 3.05) is 13.7 Å². The van der Waals surface area contributed by atoms with Gasteiger partial charge in [-0.3, -0.25) is 4.79 Å². The normalized spacial score (nSPS) is 15.1. The maximum Gasteiger partial charge on any atom is 0.223 e. The first-order valence-electron chi connectivity index (χ1n) is 10.6. The van der Waals surface area contributed by atoms with E-state index in [0.717, 1.165) is 31.6 Å². The summed E-state index contributed by atoms with van der Waals surface area (Å²) in [5.41, 5.74) is 3.82. The Morgan fingerprint density at radius 3 is 2.69 bits per heavy atom. The van der Waals surface area contributed by atoms with E-state index < -0.39 is 0 Å². The standard InChI is InChI=1S/C25H30N2O2/c1-18(16-26-25(28)20-9-6-10-20)23-17-27(14-13-19-7-4-3-5-8-19)24-12-11-21(29-2)15-22(23)24/h3-5,7-8,11-12,15,17-18,20H,6,9-10,13-14,16H2,1-2H3,(H,26,28). The van der Waals surface area contributed by atoms with Crippen LogP contribution in [0.25, 0.3) is 10.9 Å². The largest absolute Gasteiger partial charge is 0.497 e. The van der Waals surface area contributed by atoms with E-state index in [1.54, 1.807) is 7.11 Å². The molecule has 1 fully saturated rings. The quantitative estimate of drug-likeness (QED) is 0.594. The van der Waals surface area contributed by atoms with Crippen molar-refractivity contribution in [3.8, 4) is 5.75 Å². The Balaban J connectivity index is 1.55. The van der Waals surface area contributed by atoms with Gasteiger partial charge in [-0.25, -0.2) is 0 Å². The highest BCUT2D eigenvalue weighted by molar-refractivity contribution is 5.86. The Labute approximate surface area is 172 Å². The number of aromatic nitrogens is 1. The van der Waals surface area contributed by atoms with Gasteiger partial charge in [0.15, 0.2) is 0 Å². The van der Waals surface area contributed by atoms with Gasteiger partial charge in [-0.1, -0.05) is 43.7 Å². The highest BCUT2D eigenvalue weighted by Gasteiger charge is 2.25.